The van der Waals surface area contributed by atoms with Crippen molar-refractivity contribution in [3.63, 3.8) is 0 Å². The van der Waals surface area contributed by atoms with Crippen molar-refractivity contribution < 1.29 is 13.9 Å². The molecule has 0 aliphatic carbocycles. The first-order valence-electron chi connectivity index (χ1n) is 5.95. The molecular weight excluding hydrogens is 244 g/mol. The minimum atomic E-state index is -0.245. The van der Waals surface area contributed by atoms with E-state index in [1.165, 1.54) is 11.1 Å². The van der Waals surface area contributed by atoms with Gasteiger partial charge in [0.25, 0.3) is 9.76 Å². The number of benzene rings is 1. The van der Waals surface area contributed by atoms with Crippen LogP contribution < -0.4 is 0 Å². The molecule has 98 valence electrons. The van der Waals surface area contributed by atoms with Crippen LogP contribution in [0.1, 0.15) is 17.5 Å². The van der Waals surface area contributed by atoms with E-state index in [4.69, 9.17) is 13.9 Å². The largest absolute Gasteiger partial charge is 0.412 e. The van der Waals surface area contributed by atoms with Gasteiger partial charge in [-0.2, -0.15) is 0 Å². The molecule has 0 spiro atoms. The smallest absolute Gasteiger partial charge is 0.299 e. The van der Waals surface area contributed by atoms with Gasteiger partial charge >= 0.3 is 0 Å². The fourth-order valence-electron chi connectivity index (χ4n) is 1.62. The van der Waals surface area contributed by atoms with Gasteiger partial charge in [0.05, 0.1) is 0 Å². The van der Waals surface area contributed by atoms with Gasteiger partial charge in [-0.15, -0.1) is 0 Å². The Hall–Kier alpha value is -0.943. The standard InChI is InChI=1S/C14H20O3Si/c1-4-12-8-5-6-9-13(12)10-7-11-17-18-14(15-2)16-3/h4-6,8-9,14H,1,7,10-11H2,2-3H3. The number of aryl methyl sites for hydroxylation is 1. The van der Waals surface area contributed by atoms with Crippen molar-refractivity contribution in [2.24, 2.45) is 0 Å². The summed E-state index contributed by atoms with van der Waals surface area (Å²) in [4.78, 5) is 0. The van der Waals surface area contributed by atoms with Crippen LogP contribution in [0.5, 0.6) is 0 Å². The zero-order chi connectivity index (χ0) is 13.2. The van der Waals surface area contributed by atoms with Crippen LogP contribution in [-0.2, 0) is 20.3 Å². The Labute approximate surface area is 112 Å². The first-order valence-corrected chi connectivity index (χ1v) is 6.93. The quantitative estimate of drug-likeness (QED) is 0.389. The lowest BCUT2D eigenvalue weighted by molar-refractivity contribution is -0.0527. The molecular formula is C14H20O3Si. The first kappa shape index (κ1) is 15.1. The molecule has 0 aliphatic rings. The fourth-order valence-corrected chi connectivity index (χ4v) is 2.21. The highest BCUT2D eigenvalue weighted by molar-refractivity contribution is 6.28. The predicted octanol–water partition coefficient (Wildman–Crippen LogP) is 2.47. The SMILES string of the molecule is C=Cc1ccccc1CCCO[Si]C(OC)OC. The molecule has 18 heavy (non-hydrogen) atoms. The summed E-state index contributed by atoms with van der Waals surface area (Å²) in [7, 11) is 3.46. The Bertz CT molecular complexity index is 351. The third kappa shape index (κ3) is 5.14. The highest BCUT2D eigenvalue weighted by Crippen LogP contribution is 2.12. The maximum Gasteiger partial charge on any atom is 0.299 e. The Balaban J connectivity index is 2.23. The predicted molar refractivity (Wildman–Crippen MR) is 74.4 cm³/mol. The van der Waals surface area contributed by atoms with E-state index in [-0.39, 0.29) is 15.7 Å². The number of hydrogen-bond acceptors (Lipinski definition) is 3. The van der Waals surface area contributed by atoms with Gasteiger partial charge in [-0.1, -0.05) is 36.9 Å². The van der Waals surface area contributed by atoms with Crippen LogP contribution in [-0.4, -0.2) is 36.5 Å². The maximum atomic E-state index is 5.52. The van der Waals surface area contributed by atoms with E-state index in [1.54, 1.807) is 14.2 Å². The highest BCUT2D eigenvalue weighted by atomic mass is 28.2. The molecule has 0 saturated carbocycles. The third-order valence-corrected chi connectivity index (χ3v) is 3.61. The lowest BCUT2D eigenvalue weighted by atomic mass is 10.0. The Morgan fingerprint density at radius 1 is 1.28 bits per heavy atom. The minimum Gasteiger partial charge on any atom is -0.412 e. The molecule has 0 unspecified atom stereocenters. The van der Waals surface area contributed by atoms with Crippen molar-refractivity contribution in [2.45, 2.75) is 18.8 Å². The van der Waals surface area contributed by atoms with E-state index in [0.29, 0.717) is 6.61 Å². The topological polar surface area (TPSA) is 27.7 Å². The van der Waals surface area contributed by atoms with Crippen molar-refractivity contribution in [3.05, 3.63) is 42.0 Å². The zero-order valence-electron chi connectivity index (χ0n) is 11.0. The van der Waals surface area contributed by atoms with E-state index in [1.807, 2.05) is 12.1 Å². The summed E-state index contributed by atoms with van der Waals surface area (Å²) >= 11 is 0. The van der Waals surface area contributed by atoms with Crippen molar-refractivity contribution >= 4 is 15.8 Å². The van der Waals surface area contributed by atoms with E-state index in [9.17, 15) is 0 Å². The normalized spacial score (nSPS) is 10.8. The first-order chi connectivity index (χ1) is 8.81. The second-order valence-electron chi connectivity index (χ2n) is 3.78. The molecule has 0 N–H and O–H groups in total. The van der Waals surface area contributed by atoms with Gasteiger partial charge in [0.1, 0.15) is 0 Å². The van der Waals surface area contributed by atoms with Gasteiger partial charge in [-0.25, -0.2) is 0 Å². The summed E-state index contributed by atoms with van der Waals surface area (Å²) in [5, 5.41) is 0. The van der Waals surface area contributed by atoms with Crippen molar-refractivity contribution in [1.82, 2.24) is 0 Å². The third-order valence-electron chi connectivity index (χ3n) is 2.58. The summed E-state index contributed by atoms with van der Waals surface area (Å²) < 4.78 is 15.6. The Morgan fingerprint density at radius 2 is 2.00 bits per heavy atom. The number of methoxy groups -OCH3 is 2. The second-order valence-corrected chi connectivity index (χ2v) is 4.77. The fraction of sp³-hybridized carbons (Fsp3) is 0.429. The van der Waals surface area contributed by atoms with E-state index < -0.39 is 0 Å². The maximum absolute atomic E-state index is 5.52. The van der Waals surface area contributed by atoms with Gasteiger partial charge < -0.3 is 13.9 Å². The summed E-state index contributed by atoms with van der Waals surface area (Å²) in [5.74, 6) is -0.245. The molecule has 0 atom stereocenters. The molecule has 1 aromatic rings. The number of rotatable bonds is 9. The Kier molecular flexibility index (Phi) is 7.60. The van der Waals surface area contributed by atoms with Crippen molar-refractivity contribution in [1.29, 1.82) is 0 Å². The summed E-state index contributed by atoms with van der Waals surface area (Å²) in [6, 6.07) is 8.29. The van der Waals surface area contributed by atoms with E-state index in [2.05, 4.69) is 24.8 Å². The van der Waals surface area contributed by atoms with Crippen LogP contribution >= 0.6 is 0 Å². The highest BCUT2D eigenvalue weighted by Gasteiger charge is 2.07. The summed E-state index contributed by atoms with van der Waals surface area (Å²) in [6.45, 7) is 4.53. The van der Waals surface area contributed by atoms with Crippen molar-refractivity contribution in [2.75, 3.05) is 20.8 Å². The van der Waals surface area contributed by atoms with Crippen LogP contribution in [0.25, 0.3) is 6.08 Å². The molecule has 1 rings (SSSR count). The van der Waals surface area contributed by atoms with E-state index >= 15 is 0 Å². The number of ether oxygens (including phenoxy) is 2. The molecule has 0 heterocycles. The molecule has 1 aromatic carbocycles. The van der Waals surface area contributed by atoms with Gasteiger partial charge in [0.15, 0.2) is 5.91 Å². The molecule has 0 amide bonds. The molecule has 3 nitrogen and oxygen atoms in total. The van der Waals surface area contributed by atoms with Crippen LogP contribution in [0.15, 0.2) is 30.8 Å². The second kappa shape index (κ2) is 9.05. The van der Waals surface area contributed by atoms with Crippen LogP contribution in [0, 0.1) is 0 Å². The average molecular weight is 264 g/mol. The number of hydrogen-bond donors (Lipinski definition) is 0. The van der Waals surface area contributed by atoms with Gasteiger partial charge in [0, 0.05) is 20.8 Å². The minimum absolute atomic E-state index is 0.224. The molecule has 0 aliphatic heterocycles. The summed E-state index contributed by atoms with van der Waals surface area (Å²) in [6.07, 6.45) is 3.87. The van der Waals surface area contributed by atoms with Gasteiger partial charge in [-0.3, -0.25) is 0 Å². The molecule has 4 heteroatoms. The lowest BCUT2D eigenvalue weighted by Gasteiger charge is -2.11. The molecule has 0 saturated heterocycles. The average Bonchev–Trinajstić information content (AvgIpc) is 2.43. The monoisotopic (exact) mass is 264 g/mol. The van der Waals surface area contributed by atoms with Crippen LogP contribution in [0.2, 0.25) is 0 Å². The van der Waals surface area contributed by atoms with Crippen LogP contribution in [0.3, 0.4) is 0 Å². The van der Waals surface area contributed by atoms with Crippen molar-refractivity contribution in [3.8, 4) is 0 Å². The van der Waals surface area contributed by atoms with E-state index in [0.717, 1.165) is 12.8 Å². The molecule has 0 bridgehead atoms. The summed E-state index contributed by atoms with van der Waals surface area (Å²) in [5.41, 5.74) is 2.51. The van der Waals surface area contributed by atoms with Crippen LogP contribution in [0.4, 0.5) is 0 Å². The lowest BCUT2D eigenvalue weighted by Crippen LogP contribution is -2.24. The van der Waals surface area contributed by atoms with Gasteiger partial charge in [0.2, 0.25) is 0 Å². The molecule has 2 radical (unpaired) electrons. The zero-order valence-corrected chi connectivity index (χ0v) is 12.0. The molecule has 0 fully saturated rings. The van der Waals surface area contributed by atoms with Gasteiger partial charge in [-0.05, 0) is 24.0 Å². The molecule has 0 aromatic heterocycles. The Morgan fingerprint density at radius 3 is 2.67 bits per heavy atom.